The van der Waals surface area contributed by atoms with Crippen LogP contribution in [0.4, 0.5) is 5.69 Å². The molecular formula is C25H25N3O5. The number of benzene rings is 1. The maximum atomic E-state index is 13.7. The number of anilines is 1. The fourth-order valence-electron chi connectivity index (χ4n) is 4.39. The van der Waals surface area contributed by atoms with Crippen molar-refractivity contribution in [2.75, 3.05) is 18.1 Å². The van der Waals surface area contributed by atoms with Crippen LogP contribution in [0, 0.1) is 0 Å². The van der Waals surface area contributed by atoms with Gasteiger partial charge in [0.25, 0.3) is 5.91 Å². The quantitative estimate of drug-likeness (QED) is 0.616. The van der Waals surface area contributed by atoms with Crippen LogP contribution >= 0.6 is 0 Å². The lowest BCUT2D eigenvalue weighted by atomic mass is 10.0. The summed E-state index contributed by atoms with van der Waals surface area (Å²) in [4.78, 5) is 33.0. The van der Waals surface area contributed by atoms with E-state index in [1.54, 1.807) is 54.9 Å². The Morgan fingerprint density at radius 2 is 1.85 bits per heavy atom. The molecule has 1 N–H and O–H groups in total. The summed E-state index contributed by atoms with van der Waals surface area (Å²) in [6, 6.07) is 11.2. The van der Waals surface area contributed by atoms with Gasteiger partial charge >= 0.3 is 0 Å². The molecule has 1 atom stereocenters. The molecule has 1 aliphatic heterocycles. The molecule has 33 heavy (non-hydrogen) atoms. The highest BCUT2D eigenvalue weighted by Crippen LogP contribution is 2.38. The molecule has 0 unspecified atom stereocenters. The van der Waals surface area contributed by atoms with Crippen molar-refractivity contribution in [2.45, 2.75) is 37.8 Å². The number of fused-ring (bicyclic) bond motifs is 1. The zero-order valence-electron chi connectivity index (χ0n) is 18.1. The van der Waals surface area contributed by atoms with Crippen molar-refractivity contribution in [1.82, 2.24) is 10.3 Å². The van der Waals surface area contributed by atoms with Crippen LogP contribution in [0.3, 0.4) is 0 Å². The monoisotopic (exact) mass is 447 g/mol. The topological polar surface area (TPSA) is 93.9 Å². The Kier molecular flexibility index (Phi) is 5.97. The van der Waals surface area contributed by atoms with Gasteiger partial charge in [0.2, 0.25) is 5.91 Å². The van der Waals surface area contributed by atoms with Crippen molar-refractivity contribution in [2.24, 2.45) is 0 Å². The molecule has 0 radical (unpaired) electrons. The molecule has 8 heteroatoms. The standard InChI is InChI=1S/C25H25N3O5/c29-24(27-18-6-1-2-7-18)23(17-5-3-11-26-16-17)28(25(30)21-8-4-12-31-21)19-9-10-20-22(15-19)33-14-13-32-20/h3-5,8-12,15-16,18,23H,1-2,6-7,13-14H2,(H,27,29)/t23-/m1/s1. The number of furan rings is 1. The van der Waals surface area contributed by atoms with E-state index < -0.39 is 11.9 Å². The maximum absolute atomic E-state index is 13.7. The number of carbonyl (C=O) groups is 2. The van der Waals surface area contributed by atoms with E-state index in [9.17, 15) is 9.59 Å². The molecule has 2 amide bonds. The lowest BCUT2D eigenvalue weighted by molar-refractivity contribution is -0.123. The summed E-state index contributed by atoms with van der Waals surface area (Å²) in [5.41, 5.74) is 1.10. The minimum Gasteiger partial charge on any atom is -0.486 e. The first-order valence-electron chi connectivity index (χ1n) is 11.2. The predicted octanol–water partition coefficient (Wildman–Crippen LogP) is 3.89. The van der Waals surface area contributed by atoms with E-state index in [0.717, 1.165) is 25.7 Å². The van der Waals surface area contributed by atoms with Crippen LogP contribution in [-0.4, -0.2) is 36.1 Å². The summed E-state index contributed by atoms with van der Waals surface area (Å²) < 4.78 is 16.8. The Morgan fingerprint density at radius 3 is 2.58 bits per heavy atom. The number of carbonyl (C=O) groups excluding carboxylic acids is 2. The average Bonchev–Trinajstić information content (AvgIpc) is 3.57. The molecule has 1 saturated carbocycles. The van der Waals surface area contributed by atoms with E-state index in [1.807, 2.05) is 0 Å². The number of rotatable bonds is 6. The molecule has 170 valence electrons. The Morgan fingerprint density at radius 1 is 1.03 bits per heavy atom. The van der Waals surface area contributed by atoms with Gasteiger partial charge in [0.15, 0.2) is 17.3 Å². The Balaban J connectivity index is 1.59. The van der Waals surface area contributed by atoms with E-state index in [-0.39, 0.29) is 17.7 Å². The smallest absolute Gasteiger partial charge is 0.294 e. The minimum atomic E-state index is -0.945. The number of hydrogen-bond donors (Lipinski definition) is 1. The van der Waals surface area contributed by atoms with Crippen LogP contribution in [0.15, 0.2) is 65.5 Å². The van der Waals surface area contributed by atoms with Crippen molar-refractivity contribution >= 4 is 17.5 Å². The number of hydrogen-bond acceptors (Lipinski definition) is 6. The zero-order chi connectivity index (χ0) is 22.6. The van der Waals surface area contributed by atoms with Gasteiger partial charge in [-0.15, -0.1) is 0 Å². The number of nitrogens with zero attached hydrogens (tertiary/aromatic N) is 2. The van der Waals surface area contributed by atoms with Crippen molar-refractivity contribution in [3.05, 3.63) is 72.4 Å². The second-order valence-corrected chi connectivity index (χ2v) is 8.16. The largest absolute Gasteiger partial charge is 0.486 e. The Bertz CT molecular complexity index is 1110. The summed E-state index contributed by atoms with van der Waals surface area (Å²) in [6.45, 7) is 0.875. The second kappa shape index (κ2) is 9.36. The molecule has 1 aromatic carbocycles. The molecule has 8 nitrogen and oxygen atoms in total. The van der Waals surface area contributed by atoms with Crippen LogP contribution in [-0.2, 0) is 4.79 Å². The lowest BCUT2D eigenvalue weighted by Crippen LogP contribution is -2.46. The average molecular weight is 447 g/mol. The molecule has 3 aromatic rings. The first-order chi connectivity index (χ1) is 16.2. The highest BCUT2D eigenvalue weighted by molar-refractivity contribution is 6.08. The summed E-state index contributed by atoms with van der Waals surface area (Å²) >= 11 is 0. The van der Waals surface area contributed by atoms with Gasteiger partial charge in [-0.2, -0.15) is 0 Å². The van der Waals surface area contributed by atoms with E-state index in [0.29, 0.717) is 36.0 Å². The Labute approximate surface area is 191 Å². The summed E-state index contributed by atoms with van der Waals surface area (Å²) in [7, 11) is 0. The lowest BCUT2D eigenvalue weighted by Gasteiger charge is -2.32. The molecule has 0 spiro atoms. The summed E-state index contributed by atoms with van der Waals surface area (Å²) in [5, 5.41) is 3.14. The van der Waals surface area contributed by atoms with Gasteiger partial charge in [0, 0.05) is 35.8 Å². The van der Waals surface area contributed by atoms with E-state index in [2.05, 4.69) is 10.3 Å². The Hall–Kier alpha value is -3.81. The van der Waals surface area contributed by atoms with Crippen LogP contribution in [0.5, 0.6) is 11.5 Å². The fraction of sp³-hybridized carbons (Fsp3) is 0.320. The van der Waals surface area contributed by atoms with Gasteiger partial charge in [-0.1, -0.05) is 18.9 Å². The van der Waals surface area contributed by atoms with Crippen LogP contribution in [0.1, 0.15) is 47.8 Å². The number of nitrogens with one attached hydrogen (secondary N) is 1. The van der Waals surface area contributed by atoms with Gasteiger partial charge < -0.3 is 19.2 Å². The van der Waals surface area contributed by atoms with E-state index in [4.69, 9.17) is 13.9 Å². The SMILES string of the molecule is O=C(NC1CCCC1)[C@@H](c1cccnc1)N(C(=O)c1ccco1)c1ccc2c(c1)OCCO2. The second-order valence-electron chi connectivity index (χ2n) is 8.16. The van der Waals surface area contributed by atoms with Crippen molar-refractivity contribution in [3.8, 4) is 11.5 Å². The van der Waals surface area contributed by atoms with Crippen LogP contribution < -0.4 is 19.7 Å². The molecule has 5 rings (SSSR count). The van der Waals surface area contributed by atoms with Gasteiger partial charge in [-0.3, -0.25) is 19.5 Å². The number of amides is 2. The molecule has 3 heterocycles. The number of pyridine rings is 1. The van der Waals surface area contributed by atoms with Gasteiger partial charge in [-0.05, 0) is 43.2 Å². The summed E-state index contributed by atoms with van der Waals surface area (Å²) in [6.07, 6.45) is 8.72. The minimum absolute atomic E-state index is 0.0949. The maximum Gasteiger partial charge on any atom is 0.294 e. The number of aromatic nitrogens is 1. The van der Waals surface area contributed by atoms with Gasteiger partial charge in [0.05, 0.1) is 6.26 Å². The predicted molar refractivity (Wildman–Crippen MR) is 120 cm³/mol. The van der Waals surface area contributed by atoms with Crippen molar-refractivity contribution in [1.29, 1.82) is 0 Å². The molecule has 1 fully saturated rings. The van der Waals surface area contributed by atoms with Gasteiger partial charge in [-0.25, -0.2) is 0 Å². The van der Waals surface area contributed by atoms with E-state index >= 15 is 0 Å². The highest BCUT2D eigenvalue weighted by atomic mass is 16.6. The molecule has 2 aromatic heterocycles. The molecule has 0 saturated heterocycles. The molecule has 1 aliphatic carbocycles. The normalized spacial score (nSPS) is 16.2. The molecular weight excluding hydrogens is 422 g/mol. The number of ether oxygens (including phenoxy) is 2. The van der Waals surface area contributed by atoms with Crippen molar-refractivity contribution in [3.63, 3.8) is 0 Å². The first kappa shape index (κ1) is 21.1. The highest BCUT2D eigenvalue weighted by Gasteiger charge is 2.36. The molecule has 0 bridgehead atoms. The van der Waals surface area contributed by atoms with Crippen LogP contribution in [0.25, 0.3) is 0 Å². The summed E-state index contributed by atoms with van der Waals surface area (Å²) in [5.74, 6) is 0.560. The molecule has 2 aliphatic rings. The zero-order valence-corrected chi connectivity index (χ0v) is 18.1. The third kappa shape index (κ3) is 4.41. The van der Waals surface area contributed by atoms with Gasteiger partial charge in [0.1, 0.15) is 19.3 Å². The third-order valence-corrected chi connectivity index (χ3v) is 5.96. The van der Waals surface area contributed by atoms with Crippen molar-refractivity contribution < 1.29 is 23.5 Å². The third-order valence-electron chi connectivity index (χ3n) is 5.96. The van der Waals surface area contributed by atoms with Crippen LogP contribution in [0.2, 0.25) is 0 Å². The first-order valence-corrected chi connectivity index (χ1v) is 11.2. The fourth-order valence-corrected chi connectivity index (χ4v) is 4.39. The van der Waals surface area contributed by atoms with E-state index in [1.165, 1.54) is 11.2 Å².